The zero-order chi connectivity index (χ0) is 14.3. The van der Waals surface area contributed by atoms with Crippen molar-refractivity contribution in [2.24, 2.45) is 5.92 Å². The van der Waals surface area contributed by atoms with Gasteiger partial charge in [-0.05, 0) is 30.9 Å². The van der Waals surface area contributed by atoms with Crippen molar-refractivity contribution in [3.8, 4) is 0 Å². The predicted octanol–water partition coefficient (Wildman–Crippen LogP) is 5.09. The minimum absolute atomic E-state index is 0.757. The van der Waals surface area contributed by atoms with Crippen molar-refractivity contribution >= 4 is 19.8 Å². The second-order valence-electron chi connectivity index (χ2n) is 6.33. The molecule has 1 rings (SSSR count). The molecule has 0 fully saturated rings. The van der Waals surface area contributed by atoms with Gasteiger partial charge in [0.05, 0.1) is 8.07 Å². The lowest BCUT2D eigenvalue weighted by molar-refractivity contribution is 0.188. The molecule has 0 spiro atoms. The Morgan fingerprint density at radius 1 is 1.16 bits per heavy atom. The molecule has 1 nitrogen and oxygen atoms in total. The Morgan fingerprint density at radius 3 is 2.32 bits per heavy atom. The summed E-state index contributed by atoms with van der Waals surface area (Å²) in [7, 11) is 0.620. The van der Waals surface area contributed by atoms with E-state index >= 15 is 0 Å². The van der Waals surface area contributed by atoms with Crippen LogP contribution >= 0.6 is 11.8 Å². The lowest BCUT2D eigenvalue weighted by Crippen LogP contribution is -2.40. The molecule has 0 N–H and O–H groups in total. The van der Waals surface area contributed by atoms with Gasteiger partial charge in [-0.3, -0.25) is 0 Å². The minimum atomic E-state index is -1.17. The normalized spacial score (nSPS) is 15.2. The first kappa shape index (κ1) is 16.8. The molecule has 0 radical (unpaired) electrons. The zero-order valence-electron chi connectivity index (χ0n) is 13.0. The van der Waals surface area contributed by atoms with E-state index in [9.17, 15) is 0 Å². The molecular formula is C16H28OSSi. The van der Waals surface area contributed by atoms with Crippen LogP contribution in [0, 0.1) is 5.92 Å². The monoisotopic (exact) mass is 296 g/mol. The lowest BCUT2D eigenvalue weighted by atomic mass is 10.1. The summed E-state index contributed by atoms with van der Waals surface area (Å²) in [4.78, 5) is 2.18. The van der Waals surface area contributed by atoms with Crippen LogP contribution in [0.5, 0.6) is 0 Å². The molecule has 0 amide bonds. The average Bonchev–Trinajstić information content (AvgIpc) is 2.36. The molecule has 0 heterocycles. The maximum Gasteiger partial charge on any atom is 0.0595 e. The van der Waals surface area contributed by atoms with Gasteiger partial charge >= 0.3 is 0 Å². The predicted molar refractivity (Wildman–Crippen MR) is 89.7 cm³/mol. The molecule has 3 heteroatoms. The van der Waals surface area contributed by atoms with Crippen LogP contribution in [0.1, 0.15) is 19.8 Å². The van der Waals surface area contributed by atoms with Gasteiger partial charge in [0.25, 0.3) is 0 Å². The van der Waals surface area contributed by atoms with Crippen molar-refractivity contribution in [2.75, 3.05) is 13.7 Å². The smallest absolute Gasteiger partial charge is 0.0595 e. The van der Waals surface area contributed by atoms with E-state index in [0.717, 1.165) is 17.4 Å². The van der Waals surface area contributed by atoms with Crippen LogP contribution in [-0.2, 0) is 4.74 Å². The Balaban J connectivity index is 2.67. The van der Waals surface area contributed by atoms with Gasteiger partial charge in [-0.1, -0.05) is 44.8 Å². The van der Waals surface area contributed by atoms with Gasteiger partial charge in [0.15, 0.2) is 0 Å². The topological polar surface area (TPSA) is 9.23 Å². The van der Waals surface area contributed by atoms with Crippen molar-refractivity contribution in [2.45, 2.75) is 49.2 Å². The Kier molecular flexibility index (Phi) is 7.19. The standard InChI is InChI=1S/C16H28OSSi/c1-14(10-9-13-17-2)16(19(3,4)5)18-15-11-7-6-8-12-15/h6-8,11-12,14,16H,9-10,13H2,1-5H3. The molecule has 108 valence electrons. The number of thioether (sulfide) groups is 1. The van der Waals surface area contributed by atoms with E-state index in [-0.39, 0.29) is 0 Å². The molecule has 0 aliphatic heterocycles. The van der Waals surface area contributed by atoms with Crippen molar-refractivity contribution in [1.82, 2.24) is 0 Å². The molecule has 19 heavy (non-hydrogen) atoms. The highest BCUT2D eigenvalue weighted by atomic mass is 32.2. The molecule has 0 aromatic heterocycles. The van der Waals surface area contributed by atoms with E-state index in [0.29, 0.717) is 0 Å². The van der Waals surface area contributed by atoms with Gasteiger partial charge in [0.1, 0.15) is 0 Å². The average molecular weight is 297 g/mol. The van der Waals surface area contributed by atoms with E-state index in [4.69, 9.17) is 4.74 Å². The Labute approximate surface area is 124 Å². The first-order valence-corrected chi connectivity index (χ1v) is 11.6. The van der Waals surface area contributed by atoms with Crippen LogP contribution in [0.4, 0.5) is 0 Å². The summed E-state index contributed by atoms with van der Waals surface area (Å²) in [6.07, 6.45) is 2.44. The lowest BCUT2D eigenvalue weighted by Gasteiger charge is -2.33. The number of methoxy groups -OCH3 is 1. The van der Waals surface area contributed by atoms with Crippen LogP contribution in [0.2, 0.25) is 19.6 Å². The van der Waals surface area contributed by atoms with E-state index in [1.807, 2.05) is 0 Å². The molecular weight excluding hydrogens is 268 g/mol. The summed E-state index contributed by atoms with van der Waals surface area (Å²) in [6, 6.07) is 10.8. The van der Waals surface area contributed by atoms with E-state index < -0.39 is 8.07 Å². The van der Waals surface area contributed by atoms with Gasteiger partial charge in [-0.2, -0.15) is 0 Å². The van der Waals surface area contributed by atoms with Crippen molar-refractivity contribution < 1.29 is 4.74 Å². The molecule has 0 aliphatic carbocycles. The van der Waals surface area contributed by atoms with E-state index in [2.05, 4.69) is 68.7 Å². The van der Waals surface area contributed by atoms with Gasteiger partial charge < -0.3 is 4.74 Å². The van der Waals surface area contributed by atoms with Crippen molar-refractivity contribution in [3.63, 3.8) is 0 Å². The summed E-state index contributed by atoms with van der Waals surface area (Å²) in [5.41, 5.74) is 0. The highest BCUT2D eigenvalue weighted by Crippen LogP contribution is 2.36. The second kappa shape index (κ2) is 8.13. The third-order valence-electron chi connectivity index (χ3n) is 3.38. The zero-order valence-corrected chi connectivity index (χ0v) is 14.8. The van der Waals surface area contributed by atoms with Crippen molar-refractivity contribution in [1.29, 1.82) is 0 Å². The molecule has 2 unspecified atom stereocenters. The summed E-state index contributed by atoms with van der Waals surface area (Å²) in [5.74, 6) is 0.757. The second-order valence-corrected chi connectivity index (χ2v) is 13.3. The first-order chi connectivity index (χ1) is 8.95. The largest absolute Gasteiger partial charge is 0.385 e. The van der Waals surface area contributed by atoms with Crippen LogP contribution in [0.3, 0.4) is 0 Å². The third-order valence-corrected chi connectivity index (χ3v) is 9.40. The SMILES string of the molecule is COCCCC(C)C(Sc1ccccc1)[Si](C)(C)C. The number of rotatable bonds is 8. The molecule has 2 atom stereocenters. The van der Waals surface area contributed by atoms with E-state index in [1.54, 1.807) is 7.11 Å². The maximum atomic E-state index is 5.18. The Morgan fingerprint density at radius 2 is 1.79 bits per heavy atom. The fourth-order valence-corrected chi connectivity index (χ4v) is 7.17. The number of benzene rings is 1. The van der Waals surface area contributed by atoms with Crippen LogP contribution < -0.4 is 0 Å². The number of hydrogen-bond donors (Lipinski definition) is 0. The van der Waals surface area contributed by atoms with Crippen LogP contribution in [0.15, 0.2) is 35.2 Å². The van der Waals surface area contributed by atoms with Gasteiger partial charge in [-0.15, -0.1) is 11.8 Å². The van der Waals surface area contributed by atoms with Crippen LogP contribution in [0.25, 0.3) is 0 Å². The Hall–Kier alpha value is -0.253. The highest BCUT2D eigenvalue weighted by molar-refractivity contribution is 8.01. The Bertz CT molecular complexity index is 348. The fourth-order valence-electron chi connectivity index (χ4n) is 2.49. The maximum absolute atomic E-state index is 5.18. The highest BCUT2D eigenvalue weighted by Gasteiger charge is 2.31. The van der Waals surface area contributed by atoms with Crippen molar-refractivity contribution in [3.05, 3.63) is 30.3 Å². The molecule has 0 saturated carbocycles. The first-order valence-electron chi connectivity index (χ1n) is 7.16. The third kappa shape index (κ3) is 6.15. The van der Waals surface area contributed by atoms with Crippen LogP contribution in [-0.4, -0.2) is 26.7 Å². The molecule has 0 aliphatic rings. The summed E-state index contributed by atoms with van der Waals surface area (Å²) in [5, 5.41) is 0. The summed E-state index contributed by atoms with van der Waals surface area (Å²) < 4.78 is 5.18. The minimum Gasteiger partial charge on any atom is -0.385 e. The van der Waals surface area contributed by atoms with Gasteiger partial charge in [0.2, 0.25) is 0 Å². The quantitative estimate of drug-likeness (QED) is 0.375. The van der Waals surface area contributed by atoms with Gasteiger partial charge in [-0.25, -0.2) is 0 Å². The fraction of sp³-hybridized carbons (Fsp3) is 0.625. The molecule has 1 aromatic carbocycles. The molecule has 1 aromatic rings. The number of ether oxygens (including phenoxy) is 1. The van der Waals surface area contributed by atoms with E-state index in [1.165, 1.54) is 17.7 Å². The molecule has 0 bridgehead atoms. The summed E-state index contributed by atoms with van der Waals surface area (Å²) in [6.45, 7) is 10.8. The number of hydrogen-bond acceptors (Lipinski definition) is 2. The summed E-state index contributed by atoms with van der Waals surface area (Å²) >= 11 is 2.08. The molecule has 0 saturated heterocycles. The van der Waals surface area contributed by atoms with Gasteiger partial charge in [0, 0.05) is 23.5 Å².